The van der Waals surface area contributed by atoms with Gasteiger partial charge in [0.15, 0.2) is 5.96 Å². The van der Waals surface area contributed by atoms with E-state index < -0.39 is 0 Å². The summed E-state index contributed by atoms with van der Waals surface area (Å²) in [5, 5.41) is 6.33. The van der Waals surface area contributed by atoms with Crippen LogP contribution >= 0.6 is 15.9 Å². The molecule has 0 radical (unpaired) electrons. The van der Waals surface area contributed by atoms with Crippen molar-refractivity contribution < 1.29 is 13.9 Å². The number of nitrogens with zero attached hydrogens (tertiary/aromatic N) is 1. The minimum absolute atomic E-state index is 0.237. The number of halogens is 2. The van der Waals surface area contributed by atoms with Gasteiger partial charge in [-0.3, -0.25) is 4.99 Å². The van der Waals surface area contributed by atoms with E-state index in [0.717, 1.165) is 56.7 Å². The smallest absolute Gasteiger partial charge is 0.191 e. The van der Waals surface area contributed by atoms with Crippen molar-refractivity contribution >= 4 is 21.9 Å². The standard InChI is InChI=1S/C18H27BrFN3O2/c1-21-18(23-12-15-3-4-16(19)11-17(15)20)22-7-2-8-25-13-14-5-9-24-10-6-14/h3-4,11,14H,2,5-10,12-13H2,1H3,(H2,21,22,23). The molecule has 1 fully saturated rings. The van der Waals surface area contributed by atoms with E-state index in [-0.39, 0.29) is 5.82 Å². The van der Waals surface area contributed by atoms with E-state index in [4.69, 9.17) is 9.47 Å². The highest BCUT2D eigenvalue weighted by Gasteiger charge is 2.13. The Balaban J connectivity index is 1.57. The van der Waals surface area contributed by atoms with Gasteiger partial charge in [-0.1, -0.05) is 22.0 Å². The Labute approximate surface area is 157 Å². The molecule has 0 unspecified atom stereocenters. The molecule has 0 aromatic heterocycles. The molecule has 2 rings (SSSR count). The molecule has 1 heterocycles. The van der Waals surface area contributed by atoms with E-state index in [9.17, 15) is 4.39 Å². The highest BCUT2D eigenvalue weighted by molar-refractivity contribution is 9.10. The Kier molecular flexibility index (Phi) is 9.21. The molecule has 0 bridgehead atoms. The van der Waals surface area contributed by atoms with Gasteiger partial charge in [0.1, 0.15) is 5.82 Å². The molecule has 0 amide bonds. The summed E-state index contributed by atoms with van der Waals surface area (Å²) in [4.78, 5) is 4.15. The van der Waals surface area contributed by atoms with Crippen LogP contribution in [0.5, 0.6) is 0 Å². The van der Waals surface area contributed by atoms with Crippen LogP contribution in [0.1, 0.15) is 24.8 Å². The van der Waals surface area contributed by atoms with Crippen molar-refractivity contribution in [1.82, 2.24) is 10.6 Å². The molecule has 2 N–H and O–H groups in total. The van der Waals surface area contributed by atoms with E-state index in [1.807, 2.05) is 6.07 Å². The number of aliphatic imine (C=N–C) groups is 1. The fourth-order valence-electron chi connectivity index (χ4n) is 2.61. The zero-order valence-corrected chi connectivity index (χ0v) is 16.3. The molecular formula is C18H27BrFN3O2. The summed E-state index contributed by atoms with van der Waals surface area (Å²) >= 11 is 3.26. The lowest BCUT2D eigenvalue weighted by molar-refractivity contribution is 0.0203. The van der Waals surface area contributed by atoms with Crippen LogP contribution < -0.4 is 10.6 Å². The SMILES string of the molecule is CN=C(NCCCOCC1CCOCC1)NCc1ccc(Br)cc1F. The van der Waals surface area contributed by atoms with Gasteiger partial charge < -0.3 is 20.1 Å². The first kappa shape index (κ1) is 20.1. The molecule has 140 valence electrons. The molecule has 0 aliphatic carbocycles. The fraction of sp³-hybridized carbons (Fsp3) is 0.611. The van der Waals surface area contributed by atoms with Gasteiger partial charge in [0.25, 0.3) is 0 Å². The Morgan fingerprint density at radius 2 is 2.16 bits per heavy atom. The lowest BCUT2D eigenvalue weighted by Gasteiger charge is -2.21. The van der Waals surface area contributed by atoms with Gasteiger partial charge >= 0.3 is 0 Å². The average molecular weight is 416 g/mol. The van der Waals surface area contributed by atoms with Crippen molar-refractivity contribution in [2.45, 2.75) is 25.8 Å². The third-order valence-electron chi connectivity index (χ3n) is 4.14. The van der Waals surface area contributed by atoms with Gasteiger partial charge in [-0.25, -0.2) is 4.39 Å². The predicted octanol–water partition coefficient (Wildman–Crippen LogP) is 3.09. The number of hydrogen-bond acceptors (Lipinski definition) is 3. The van der Waals surface area contributed by atoms with Crippen LogP contribution in [0.2, 0.25) is 0 Å². The monoisotopic (exact) mass is 415 g/mol. The molecule has 7 heteroatoms. The van der Waals surface area contributed by atoms with Gasteiger partial charge in [-0.2, -0.15) is 0 Å². The lowest BCUT2D eigenvalue weighted by Crippen LogP contribution is -2.37. The third kappa shape index (κ3) is 7.71. The first-order valence-electron chi connectivity index (χ1n) is 8.73. The maximum Gasteiger partial charge on any atom is 0.191 e. The van der Waals surface area contributed by atoms with E-state index in [1.165, 1.54) is 6.07 Å². The fourth-order valence-corrected chi connectivity index (χ4v) is 2.94. The van der Waals surface area contributed by atoms with Crippen LogP contribution in [0.4, 0.5) is 4.39 Å². The minimum Gasteiger partial charge on any atom is -0.381 e. The van der Waals surface area contributed by atoms with E-state index in [0.29, 0.717) is 24.0 Å². The summed E-state index contributed by atoms with van der Waals surface area (Å²) in [5.74, 6) is 1.06. The molecule has 0 spiro atoms. The third-order valence-corrected chi connectivity index (χ3v) is 4.63. The number of hydrogen-bond donors (Lipinski definition) is 2. The summed E-state index contributed by atoms with van der Waals surface area (Å²) in [5.41, 5.74) is 0.603. The normalized spacial score (nSPS) is 16.0. The maximum absolute atomic E-state index is 13.8. The number of nitrogens with one attached hydrogen (secondary N) is 2. The van der Waals surface area contributed by atoms with Crippen LogP contribution in [-0.2, 0) is 16.0 Å². The quantitative estimate of drug-likeness (QED) is 0.389. The molecular weight excluding hydrogens is 389 g/mol. The Hall–Kier alpha value is -1.18. The van der Waals surface area contributed by atoms with E-state index in [1.54, 1.807) is 13.1 Å². The highest BCUT2D eigenvalue weighted by Crippen LogP contribution is 2.15. The average Bonchev–Trinajstić information content (AvgIpc) is 2.62. The van der Waals surface area contributed by atoms with Crippen molar-refractivity contribution in [2.24, 2.45) is 10.9 Å². The van der Waals surface area contributed by atoms with Crippen molar-refractivity contribution in [3.63, 3.8) is 0 Å². The largest absolute Gasteiger partial charge is 0.381 e. The molecule has 1 aromatic carbocycles. The van der Waals surface area contributed by atoms with Crippen LogP contribution in [0.3, 0.4) is 0 Å². The van der Waals surface area contributed by atoms with Crippen molar-refractivity contribution in [3.05, 3.63) is 34.1 Å². The zero-order valence-electron chi connectivity index (χ0n) is 14.7. The maximum atomic E-state index is 13.8. The molecule has 1 aliphatic rings. The van der Waals surface area contributed by atoms with Crippen LogP contribution in [0.15, 0.2) is 27.7 Å². The zero-order chi connectivity index (χ0) is 17.9. The number of guanidine groups is 1. The molecule has 1 saturated heterocycles. The van der Waals surface area contributed by atoms with Gasteiger partial charge in [0.05, 0.1) is 0 Å². The van der Waals surface area contributed by atoms with Gasteiger partial charge in [-0.15, -0.1) is 0 Å². The first-order valence-corrected chi connectivity index (χ1v) is 9.52. The van der Waals surface area contributed by atoms with Crippen LogP contribution in [0.25, 0.3) is 0 Å². The summed E-state index contributed by atoms with van der Waals surface area (Å²) < 4.78 is 25.6. The highest BCUT2D eigenvalue weighted by atomic mass is 79.9. The van der Waals surface area contributed by atoms with Gasteiger partial charge in [-0.05, 0) is 37.3 Å². The summed E-state index contributed by atoms with van der Waals surface area (Å²) in [6, 6.07) is 5.04. The van der Waals surface area contributed by atoms with Crippen molar-refractivity contribution in [1.29, 1.82) is 0 Å². The topological polar surface area (TPSA) is 54.9 Å². The predicted molar refractivity (Wildman–Crippen MR) is 101 cm³/mol. The summed E-state index contributed by atoms with van der Waals surface area (Å²) in [6.07, 6.45) is 3.10. The molecule has 1 aliphatic heterocycles. The number of benzene rings is 1. The Morgan fingerprint density at radius 1 is 1.36 bits per heavy atom. The molecule has 0 atom stereocenters. The Bertz CT molecular complexity index is 551. The minimum atomic E-state index is -0.237. The summed E-state index contributed by atoms with van der Waals surface area (Å²) in [7, 11) is 1.70. The molecule has 0 saturated carbocycles. The van der Waals surface area contributed by atoms with E-state index >= 15 is 0 Å². The second-order valence-corrected chi connectivity index (χ2v) is 6.99. The van der Waals surface area contributed by atoms with Gasteiger partial charge in [0.2, 0.25) is 0 Å². The Morgan fingerprint density at radius 3 is 2.88 bits per heavy atom. The second-order valence-electron chi connectivity index (χ2n) is 6.07. The first-order chi connectivity index (χ1) is 12.2. The van der Waals surface area contributed by atoms with Crippen molar-refractivity contribution in [3.8, 4) is 0 Å². The molecule has 25 heavy (non-hydrogen) atoms. The summed E-state index contributed by atoms with van der Waals surface area (Å²) in [6.45, 7) is 4.41. The van der Waals surface area contributed by atoms with Crippen molar-refractivity contribution in [2.75, 3.05) is 40.0 Å². The number of rotatable bonds is 8. The second kappa shape index (κ2) is 11.4. The lowest BCUT2D eigenvalue weighted by atomic mass is 10.0. The van der Waals surface area contributed by atoms with Gasteiger partial charge in [0, 0.05) is 56.6 Å². The molecule has 5 nitrogen and oxygen atoms in total. The van der Waals surface area contributed by atoms with Crippen LogP contribution in [-0.4, -0.2) is 46.0 Å². The van der Waals surface area contributed by atoms with Crippen LogP contribution in [0, 0.1) is 11.7 Å². The number of ether oxygens (including phenoxy) is 2. The molecule has 1 aromatic rings. The van der Waals surface area contributed by atoms with E-state index in [2.05, 4.69) is 31.6 Å².